The standard InChI is InChI=1S/C23H27N3O3/c1-2-25(16-14-18-7-4-3-5-8-18)22(28)17-24-23(29)19-10-12-20(13-11-19)26-15-6-9-21(26)27/h3-5,7-8,10-13H,2,6,9,14-17H2,1H3,(H,24,29). The Morgan fingerprint density at radius 2 is 1.79 bits per heavy atom. The number of nitrogens with one attached hydrogen (secondary N) is 1. The Balaban J connectivity index is 1.49. The fourth-order valence-corrected chi connectivity index (χ4v) is 3.45. The average molecular weight is 393 g/mol. The van der Waals surface area contributed by atoms with Gasteiger partial charge < -0.3 is 15.1 Å². The predicted molar refractivity (Wildman–Crippen MR) is 113 cm³/mol. The first-order valence-corrected chi connectivity index (χ1v) is 10.1. The molecule has 0 aliphatic carbocycles. The second-order valence-electron chi connectivity index (χ2n) is 7.09. The van der Waals surface area contributed by atoms with E-state index in [2.05, 4.69) is 5.32 Å². The molecule has 2 aromatic rings. The maximum Gasteiger partial charge on any atom is 0.251 e. The third kappa shape index (κ3) is 5.44. The molecule has 1 N–H and O–H groups in total. The largest absolute Gasteiger partial charge is 0.343 e. The second kappa shape index (κ2) is 9.87. The van der Waals surface area contributed by atoms with Crippen LogP contribution in [0.5, 0.6) is 0 Å². The Labute approximate surface area is 171 Å². The third-order valence-electron chi connectivity index (χ3n) is 5.16. The predicted octanol–water partition coefficient (Wildman–Crippen LogP) is 2.63. The number of hydrogen-bond donors (Lipinski definition) is 1. The Bertz CT molecular complexity index is 849. The van der Waals surface area contributed by atoms with E-state index in [0.29, 0.717) is 31.6 Å². The van der Waals surface area contributed by atoms with Gasteiger partial charge in [-0.25, -0.2) is 0 Å². The summed E-state index contributed by atoms with van der Waals surface area (Å²) in [5.41, 5.74) is 2.46. The van der Waals surface area contributed by atoms with Gasteiger partial charge in [0, 0.05) is 37.3 Å². The van der Waals surface area contributed by atoms with E-state index in [4.69, 9.17) is 0 Å². The second-order valence-corrected chi connectivity index (χ2v) is 7.09. The minimum absolute atomic E-state index is 0.0339. The lowest BCUT2D eigenvalue weighted by Gasteiger charge is -2.21. The molecular formula is C23H27N3O3. The van der Waals surface area contributed by atoms with Gasteiger partial charge in [-0.1, -0.05) is 30.3 Å². The number of anilines is 1. The lowest BCUT2D eigenvalue weighted by Crippen LogP contribution is -2.41. The number of carbonyl (C=O) groups is 3. The third-order valence-corrected chi connectivity index (χ3v) is 5.16. The van der Waals surface area contributed by atoms with Crippen LogP contribution < -0.4 is 10.2 Å². The fraction of sp³-hybridized carbons (Fsp3) is 0.348. The van der Waals surface area contributed by atoms with Crippen LogP contribution in [0.15, 0.2) is 54.6 Å². The molecule has 3 amide bonds. The smallest absolute Gasteiger partial charge is 0.251 e. The van der Waals surface area contributed by atoms with Crippen LogP contribution in [0.1, 0.15) is 35.7 Å². The van der Waals surface area contributed by atoms with E-state index in [9.17, 15) is 14.4 Å². The van der Waals surface area contributed by atoms with Crippen molar-refractivity contribution in [2.75, 3.05) is 31.1 Å². The van der Waals surface area contributed by atoms with Gasteiger partial charge in [-0.2, -0.15) is 0 Å². The zero-order valence-corrected chi connectivity index (χ0v) is 16.8. The quantitative estimate of drug-likeness (QED) is 0.750. The fourth-order valence-electron chi connectivity index (χ4n) is 3.45. The average Bonchev–Trinajstić information content (AvgIpc) is 3.19. The summed E-state index contributed by atoms with van der Waals surface area (Å²) in [4.78, 5) is 40.1. The molecular weight excluding hydrogens is 366 g/mol. The van der Waals surface area contributed by atoms with E-state index >= 15 is 0 Å². The van der Waals surface area contributed by atoms with Gasteiger partial charge in [0.05, 0.1) is 6.54 Å². The molecule has 1 heterocycles. The van der Waals surface area contributed by atoms with Gasteiger partial charge in [-0.3, -0.25) is 14.4 Å². The van der Waals surface area contributed by atoms with Gasteiger partial charge in [0.15, 0.2) is 0 Å². The zero-order chi connectivity index (χ0) is 20.6. The van der Waals surface area contributed by atoms with Crippen LogP contribution in [0, 0.1) is 0 Å². The van der Waals surface area contributed by atoms with Crippen LogP contribution in [0.2, 0.25) is 0 Å². The summed E-state index contributed by atoms with van der Waals surface area (Å²) < 4.78 is 0. The Morgan fingerprint density at radius 1 is 1.07 bits per heavy atom. The maximum atomic E-state index is 12.5. The van der Waals surface area contributed by atoms with Gasteiger partial charge in [0.25, 0.3) is 5.91 Å². The summed E-state index contributed by atoms with van der Waals surface area (Å²) in [6.45, 7) is 3.83. The molecule has 2 aromatic carbocycles. The number of carbonyl (C=O) groups excluding carboxylic acids is 3. The van der Waals surface area contributed by atoms with Crippen LogP contribution >= 0.6 is 0 Å². The Hall–Kier alpha value is -3.15. The van der Waals surface area contributed by atoms with Crippen LogP contribution in [-0.2, 0) is 16.0 Å². The first kappa shape index (κ1) is 20.6. The molecule has 1 aliphatic rings. The van der Waals surface area contributed by atoms with Gasteiger partial charge in [0.1, 0.15) is 0 Å². The number of amides is 3. The highest BCUT2D eigenvalue weighted by Crippen LogP contribution is 2.21. The minimum atomic E-state index is -0.295. The van der Waals surface area contributed by atoms with Crippen molar-refractivity contribution in [3.63, 3.8) is 0 Å². The van der Waals surface area contributed by atoms with E-state index < -0.39 is 0 Å². The van der Waals surface area contributed by atoms with Crippen molar-refractivity contribution >= 4 is 23.4 Å². The zero-order valence-electron chi connectivity index (χ0n) is 16.8. The lowest BCUT2D eigenvalue weighted by atomic mass is 10.1. The highest BCUT2D eigenvalue weighted by molar-refractivity contribution is 5.98. The van der Waals surface area contributed by atoms with Crippen molar-refractivity contribution in [1.29, 1.82) is 0 Å². The first-order chi connectivity index (χ1) is 14.1. The SMILES string of the molecule is CCN(CCc1ccccc1)C(=O)CNC(=O)c1ccc(N2CCCC2=O)cc1. The van der Waals surface area contributed by atoms with Gasteiger partial charge >= 0.3 is 0 Å². The monoisotopic (exact) mass is 393 g/mol. The molecule has 6 nitrogen and oxygen atoms in total. The highest BCUT2D eigenvalue weighted by Gasteiger charge is 2.21. The molecule has 0 spiro atoms. The number of rotatable bonds is 8. The molecule has 0 radical (unpaired) electrons. The Morgan fingerprint density at radius 3 is 2.41 bits per heavy atom. The van der Waals surface area contributed by atoms with Gasteiger partial charge in [-0.15, -0.1) is 0 Å². The topological polar surface area (TPSA) is 69.7 Å². The summed E-state index contributed by atoms with van der Waals surface area (Å²) >= 11 is 0. The van der Waals surface area contributed by atoms with Crippen molar-refractivity contribution in [1.82, 2.24) is 10.2 Å². The van der Waals surface area contributed by atoms with E-state index in [1.54, 1.807) is 34.1 Å². The molecule has 0 unspecified atom stereocenters. The van der Waals surface area contributed by atoms with Crippen LogP contribution in [0.3, 0.4) is 0 Å². The number of nitrogens with zero attached hydrogens (tertiary/aromatic N) is 2. The van der Waals surface area contributed by atoms with Crippen LogP contribution in [0.4, 0.5) is 5.69 Å². The van der Waals surface area contributed by atoms with E-state index in [-0.39, 0.29) is 24.3 Å². The van der Waals surface area contributed by atoms with E-state index in [0.717, 1.165) is 18.5 Å². The van der Waals surface area contributed by atoms with Crippen LogP contribution in [0.25, 0.3) is 0 Å². The van der Waals surface area contributed by atoms with Gasteiger partial charge in [0.2, 0.25) is 11.8 Å². The molecule has 0 saturated carbocycles. The summed E-state index contributed by atoms with van der Waals surface area (Å²) in [5.74, 6) is -0.282. The minimum Gasteiger partial charge on any atom is -0.343 e. The molecule has 0 atom stereocenters. The summed E-state index contributed by atoms with van der Waals surface area (Å²) in [6, 6.07) is 16.9. The molecule has 0 aromatic heterocycles. The molecule has 1 saturated heterocycles. The number of hydrogen-bond acceptors (Lipinski definition) is 3. The first-order valence-electron chi connectivity index (χ1n) is 10.1. The van der Waals surface area contributed by atoms with Crippen molar-refractivity contribution in [2.45, 2.75) is 26.2 Å². The number of likely N-dealkylation sites (N-methyl/N-ethyl adjacent to an activating group) is 1. The summed E-state index contributed by atoms with van der Waals surface area (Å²) in [6.07, 6.45) is 2.22. The van der Waals surface area contributed by atoms with E-state index in [1.165, 1.54) is 5.56 Å². The molecule has 1 aliphatic heterocycles. The lowest BCUT2D eigenvalue weighted by molar-refractivity contribution is -0.129. The van der Waals surface area contributed by atoms with Crippen molar-refractivity contribution in [2.24, 2.45) is 0 Å². The summed E-state index contributed by atoms with van der Waals surface area (Å²) in [7, 11) is 0. The Kier molecular flexibility index (Phi) is 7.00. The molecule has 6 heteroatoms. The molecule has 0 bridgehead atoms. The van der Waals surface area contributed by atoms with Crippen molar-refractivity contribution in [3.8, 4) is 0 Å². The van der Waals surface area contributed by atoms with Crippen molar-refractivity contribution < 1.29 is 14.4 Å². The van der Waals surface area contributed by atoms with E-state index in [1.807, 2.05) is 37.3 Å². The van der Waals surface area contributed by atoms with Crippen LogP contribution in [-0.4, -0.2) is 48.8 Å². The normalized spacial score (nSPS) is 13.4. The maximum absolute atomic E-state index is 12.5. The van der Waals surface area contributed by atoms with Gasteiger partial charge in [-0.05, 0) is 49.6 Å². The molecule has 1 fully saturated rings. The van der Waals surface area contributed by atoms with Crippen molar-refractivity contribution in [3.05, 3.63) is 65.7 Å². The highest BCUT2D eigenvalue weighted by atomic mass is 16.2. The number of benzene rings is 2. The summed E-state index contributed by atoms with van der Waals surface area (Å²) in [5, 5.41) is 2.70. The molecule has 3 rings (SSSR count). The molecule has 29 heavy (non-hydrogen) atoms. The molecule has 152 valence electrons.